The summed E-state index contributed by atoms with van der Waals surface area (Å²) in [6.45, 7) is 3.96. The summed E-state index contributed by atoms with van der Waals surface area (Å²) in [6.07, 6.45) is 1.68. The normalized spacial score (nSPS) is 11.2. The number of fused-ring (bicyclic) bond motifs is 2. The van der Waals surface area contributed by atoms with Crippen molar-refractivity contribution in [2.45, 2.75) is 13.8 Å². The van der Waals surface area contributed by atoms with Crippen LogP contribution in [-0.4, -0.2) is 15.9 Å². The Balaban J connectivity index is 1.69. The minimum Gasteiger partial charge on any atom is -0.421 e. The van der Waals surface area contributed by atoms with Crippen LogP contribution in [0.15, 0.2) is 72.9 Å². The molecule has 0 unspecified atom stereocenters. The fraction of sp³-hybridized carbons (Fsp3) is 0.0741. The second-order valence-electron chi connectivity index (χ2n) is 7.88. The maximum absolute atomic E-state index is 13.5. The minimum atomic E-state index is -0.489. The maximum Gasteiger partial charge on any atom is 0.344 e. The smallest absolute Gasteiger partial charge is 0.344 e. The zero-order chi connectivity index (χ0) is 23.1. The van der Waals surface area contributed by atoms with Gasteiger partial charge >= 0.3 is 5.97 Å². The molecule has 0 aliphatic heterocycles. The molecule has 5 aromatic rings. The number of carbonyl (C=O) groups is 1. The van der Waals surface area contributed by atoms with Crippen molar-refractivity contribution in [3.63, 3.8) is 0 Å². The lowest BCUT2D eigenvalue weighted by Gasteiger charge is -2.13. The van der Waals surface area contributed by atoms with Gasteiger partial charge in [-0.05, 0) is 61.9 Å². The SMILES string of the molecule is Cc1cc(C)c2nc(-c3ccc(Cl)cc3Cl)cc(C(=O)Oc3cccc4cccnc34)c2c1. The Hall–Kier alpha value is -3.47. The van der Waals surface area contributed by atoms with Crippen LogP contribution < -0.4 is 4.74 Å². The van der Waals surface area contributed by atoms with E-state index in [1.54, 1.807) is 36.5 Å². The lowest BCUT2D eigenvalue weighted by atomic mass is 10.00. The van der Waals surface area contributed by atoms with Gasteiger partial charge in [-0.15, -0.1) is 0 Å². The first-order valence-corrected chi connectivity index (χ1v) is 11.1. The number of nitrogens with zero attached hydrogens (tertiary/aromatic N) is 2. The number of halogens is 2. The summed E-state index contributed by atoms with van der Waals surface area (Å²) >= 11 is 12.5. The molecule has 2 heterocycles. The number of esters is 1. The molecular formula is C27H18Cl2N2O2. The third-order valence-electron chi connectivity index (χ3n) is 5.47. The number of para-hydroxylation sites is 1. The van der Waals surface area contributed by atoms with E-state index in [1.807, 2.05) is 50.2 Å². The van der Waals surface area contributed by atoms with Crippen molar-refractivity contribution in [2.24, 2.45) is 0 Å². The Morgan fingerprint density at radius 1 is 0.909 bits per heavy atom. The number of aromatic nitrogens is 2. The first-order valence-electron chi connectivity index (χ1n) is 10.3. The van der Waals surface area contributed by atoms with Crippen molar-refractivity contribution < 1.29 is 9.53 Å². The zero-order valence-electron chi connectivity index (χ0n) is 17.9. The number of aryl methyl sites for hydroxylation is 2. The third-order valence-corrected chi connectivity index (χ3v) is 6.02. The summed E-state index contributed by atoms with van der Waals surface area (Å²) in [4.78, 5) is 22.7. The summed E-state index contributed by atoms with van der Waals surface area (Å²) in [6, 6.07) is 20.2. The number of benzene rings is 3. The van der Waals surface area contributed by atoms with Crippen molar-refractivity contribution >= 4 is 51.0 Å². The number of hydrogen-bond donors (Lipinski definition) is 0. The van der Waals surface area contributed by atoms with Gasteiger partial charge in [0.2, 0.25) is 0 Å². The fourth-order valence-electron chi connectivity index (χ4n) is 4.00. The average molecular weight is 473 g/mol. The van der Waals surface area contributed by atoms with Crippen molar-refractivity contribution in [3.05, 3.63) is 99.7 Å². The molecule has 0 aliphatic rings. The molecule has 0 N–H and O–H groups in total. The van der Waals surface area contributed by atoms with E-state index >= 15 is 0 Å². The molecule has 0 fully saturated rings. The topological polar surface area (TPSA) is 52.1 Å². The van der Waals surface area contributed by atoms with Gasteiger partial charge in [-0.3, -0.25) is 4.98 Å². The molecule has 6 heteroatoms. The second kappa shape index (κ2) is 8.47. The lowest BCUT2D eigenvalue weighted by molar-refractivity contribution is 0.0739. The molecule has 2 aromatic heterocycles. The van der Waals surface area contributed by atoms with Crippen LogP contribution >= 0.6 is 23.2 Å². The first-order chi connectivity index (χ1) is 15.9. The van der Waals surface area contributed by atoms with Crippen molar-refractivity contribution in [3.8, 4) is 17.0 Å². The lowest BCUT2D eigenvalue weighted by Crippen LogP contribution is -2.11. The molecule has 5 rings (SSSR count). The van der Waals surface area contributed by atoms with Crippen LogP contribution in [0.5, 0.6) is 5.75 Å². The van der Waals surface area contributed by atoms with Gasteiger partial charge in [-0.1, -0.05) is 53.0 Å². The number of ether oxygens (including phenoxy) is 1. The number of rotatable bonds is 3. The van der Waals surface area contributed by atoms with Gasteiger partial charge in [0.05, 0.1) is 21.8 Å². The van der Waals surface area contributed by atoms with Crippen LogP contribution in [0.4, 0.5) is 0 Å². The average Bonchev–Trinajstić information content (AvgIpc) is 2.79. The summed E-state index contributed by atoms with van der Waals surface area (Å²) in [7, 11) is 0. The third kappa shape index (κ3) is 4.04. The standard InChI is InChI=1S/C27H18Cl2N2O2/c1-15-11-16(2)25-20(12-15)21(14-23(31-25)19-9-8-18(28)13-22(19)29)27(32)33-24-7-3-5-17-6-4-10-30-26(17)24/h3-14H,1-2H3. The Labute approximate surface area is 200 Å². The number of pyridine rings is 2. The number of carbonyl (C=O) groups excluding carboxylic acids is 1. The summed E-state index contributed by atoms with van der Waals surface area (Å²) < 4.78 is 5.86. The summed E-state index contributed by atoms with van der Waals surface area (Å²) in [5.74, 6) is -0.0876. The van der Waals surface area contributed by atoms with E-state index in [1.165, 1.54) is 0 Å². The predicted molar refractivity (Wildman–Crippen MR) is 133 cm³/mol. The van der Waals surface area contributed by atoms with Crippen LogP contribution in [0.1, 0.15) is 21.5 Å². The largest absolute Gasteiger partial charge is 0.421 e. The van der Waals surface area contributed by atoms with Crippen LogP contribution in [0.25, 0.3) is 33.1 Å². The fourth-order valence-corrected chi connectivity index (χ4v) is 4.50. The molecule has 33 heavy (non-hydrogen) atoms. The molecule has 0 atom stereocenters. The van der Waals surface area contributed by atoms with Crippen LogP contribution in [0.2, 0.25) is 10.0 Å². The molecule has 0 radical (unpaired) electrons. The van der Waals surface area contributed by atoms with Gasteiger partial charge in [-0.2, -0.15) is 0 Å². The Bertz CT molecular complexity index is 1560. The Morgan fingerprint density at radius 3 is 2.55 bits per heavy atom. The quantitative estimate of drug-likeness (QED) is 0.200. The monoisotopic (exact) mass is 472 g/mol. The van der Waals surface area contributed by atoms with Crippen molar-refractivity contribution in [1.29, 1.82) is 0 Å². The van der Waals surface area contributed by atoms with Crippen LogP contribution in [-0.2, 0) is 0 Å². The highest BCUT2D eigenvalue weighted by Gasteiger charge is 2.19. The highest BCUT2D eigenvalue weighted by atomic mass is 35.5. The van der Waals surface area contributed by atoms with E-state index in [0.717, 1.165) is 21.9 Å². The Kier molecular flexibility index (Phi) is 5.49. The highest BCUT2D eigenvalue weighted by Crippen LogP contribution is 2.34. The van der Waals surface area contributed by atoms with E-state index in [0.29, 0.717) is 43.6 Å². The van der Waals surface area contributed by atoms with E-state index in [-0.39, 0.29) is 0 Å². The first kappa shape index (κ1) is 21.4. The van der Waals surface area contributed by atoms with E-state index in [9.17, 15) is 4.79 Å². The van der Waals surface area contributed by atoms with Crippen LogP contribution in [0, 0.1) is 13.8 Å². The van der Waals surface area contributed by atoms with Crippen LogP contribution in [0.3, 0.4) is 0 Å². The van der Waals surface area contributed by atoms with Crippen molar-refractivity contribution in [1.82, 2.24) is 9.97 Å². The molecule has 0 amide bonds. The van der Waals surface area contributed by atoms with Gasteiger partial charge in [0.15, 0.2) is 5.75 Å². The molecule has 0 aliphatic carbocycles. The van der Waals surface area contributed by atoms with Gasteiger partial charge in [-0.25, -0.2) is 9.78 Å². The predicted octanol–water partition coefficient (Wildman–Crippen LogP) is 7.59. The molecule has 0 bridgehead atoms. The van der Waals surface area contributed by atoms with Gasteiger partial charge in [0, 0.05) is 27.6 Å². The van der Waals surface area contributed by atoms with Gasteiger partial charge in [0.1, 0.15) is 5.52 Å². The zero-order valence-corrected chi connectivity index (χ0v) is 19.4. The molecular weight excluding hydrogens is 455 g/mol. The van der Waals surface area contributed by atoms with E-state index in [2.05, 4.69) is 4.98 Å². The second-order valence-corrected chi connectivity index (χ2v) is 8.72. The molecule has 0 saturated carbocycles. The van der Waals surface area contributed by atoms with E-state index < -0.39 is 5.97 Å². The van der Waals surface area contributed by atoms with Crippen molar-refractivity contribution in [2.75, 3.05) is 0 Å². The minimum absolute atomic E-state index is 0.401. The van der Waals surface area contributed by atoms with Gasteiger partial charge in [0.25, 0.3) is 0 Å². The molecule has 4 nitrogen and oxygen atoms in total. The summed E-state index contributed by atoms with van der Waals surface area (Å²) in [5.41, 5.74) is 4.98. The van der Waals surface area contributed by atoms with Gasteiger partial charge < -0.3 is 4.74 Å². The molecule has 3 aromatic carbocycles. The molecule has 162 valence electrons. The molecule has 0 spiro atoms. The van der Waals surface area contributed by atoms with E-state index in [4.69, 9.17) is 32.9 Å². The molecule has 0 saturated heterocycles. The highest BCUT2D eigenvalue weighted by molar-refractivity contribution is 6.36. The summed E-state index contributed by atoms with van der Waals surface area (Å²) in [5, 5.41) is 2.60. The number of hydrogen-bond acceptors (Lipinski definition) is 4. The maximum atomic E-state index is 13.5. The Morgan fingerprint density at radius 2 is 1.73 bits per heavy atom.